The van der Waals surface area contributed by atoms with Gasteiger partial charge in [0, 0.05) is 23.4 Å². The van der Waals surface area contributed by atoms with Crippen LogP contribution in [0.3, 0.4) is 0 Å². The molecular weight excluding hydrogens is 406 g/mol. The van der Waals surface area contributed by atoms with Gasteiger partial charge in [0.1, 0.15) is 6.10 Å². The Morgan fingerprint density at radius 3 is 2.12 bits per heavy atom. The second-order valence-electron chi connectivity index (χ2n) is 12.1. The molecule has 188 valence electrons. The molecule has 0 amide bonds. The number of carbonyl (C=O) groups excluding carboxylic acids is 1. The number of piperidine rings is 1. The van der Waals surface area contributed by atoms with Gasteiger partial charge >= 0.3 is 5.97 Å². The van der Waals surface area contributed by atoms with Gasteiger partial charge in [-0.05, 0) is 49.8 Å². The molecule has 0 aliphatic carbocycles. The lowest BCUT2D eigenvalue weighted by Gasteiger charge is -2.53. The first kappa shape index (κ1) is 27.9. The Morgan fingerprint density at radius 2 is 1.58 bits per heavy atom. The predicted octanol–water partition coefficient (Wildman–Crippen LogP) is 8.21. The number of rotatable bonds is 11. The third kappa shape index (κ3) is 7.84. The van der Waals surface area contributed by atoms with Crippen LogP contribution in [0.2, 0.25) is 0 Å². The first-order valence-electron chi connectivity index (χ1n) is 13.5. The molecule has 1 heterocycles. The van der Waals surface area contributed by atoms with E-state index in [9.17, 15) is 4.79 Å². The minimum atomic E-state index is -0.189. The molecule has 2 rings (SSSR count). The highest BCUT2D eigenvalue weighted by Crippen LogP contribution is 2.40. The minimum absolute atomic E-state index is 0.0105. The van der Waals surface area contributed by atoms with Gasteiger partial charge in [-0.15, -0.1) is 0 Å². The van der Waals surface area contributed by atoms with E-state index in [1.165, 1.54) is 50.5 Å². The Hall–Kier alpha value is -1.35. The van der Waals surface area contributed by atoms with Crippen molar-refractivity contribution in [1.29, 1.82) is 0 Å². The zero-order chi connectivity index (χ0) is 24.7. The van der Waals surface area contributed by atoms with Gasteiger partial charge in [-0.2, -0.15) is 0 Å². The highest BCUT2D eigenvalue weighted by Gasteiger charge is 2.48. The zero-order valence-corrected chi connectivity index (χ0v) is 22.9. The minimum Gasteiger partial charge on any atom is -0.458 e. The molecule has 3 heteroatoms. The first-order valence-corrected chi connectivity index (χ1v) is 13.5. The number of hydrogen-bond donors (Lipinski definition) is 1. The van der Waals surface area contributed by atoms with E-state index in [1.54, 1.807) is 0 Å². The van der Waals surface area contributed by atoms with Crippen LogP contribution in [-0.4, -0.2) is 23.2 Å². The molecular formula is C30H51NO2. The smallest absolute Gasteiger partial charge is 0.338 e. The maximum Gasteiger partial charge on any atom is 0.338 e. The summed E-state index contributed by atoms with van der Waals surface area (Å²) in [5, 5.41) is 3.99. The monoisotopic (exact) mass is 457 g/mol. The quantitative estimate of drug-likeness (QED) is 0.269. The summed E-state index contributed by atoms with van der Waals surface area (Å²) in [4.78, 5) is 13.1. The maximum atomic E-state index is 13.1. The van der Waals surface area contributed by atoms with E-state index in [2.05, 4.69) is 72.8 Å². The third-order valence-electron chi connectivity index (χ3n) is 8.13. The lowest BCUT2D eigenvalue weighted by atomic mass is 9.69. The van der Waals surface area contributed by atoms with Crippen LogP contribution < -0.4 is 5.32 Å². The predicted molar refractivity (Wildman–Crippen MR) is 141 cm³/mol. The van der Waals surface area contributed by atoms with Crippen molar-refractivity contribution in [1.82, 2.24) is 5.32 Å². The molecule has 0 radical (unpaired) electrons. The van der Waals surface area contributed by atoms with E-state index < -0.39 is 0 Å². The van der Waals surface area contributed by atoms with Gasteiger partial charge in [0.05, 0.1) is 5.56 Å². The number of benzene rings is 1. The Kier molecular flexibility index (Phi) is 10.0. The normalized spacial score (nSPS) is 28.0. The molecule has 0 bridgehead atoms. The van der Waals surface area contributed by atoms with Gasteiger partial charge in [0.2, 0.25) is 0 Å². The number of nitrogens with one attached hydrogen (secondary N) is 1. The maximum absolute atomic E-state index is 13.1. The summed E-state index contributed by atoms with van der Waals surface area (Å²) >= 11 is 0. The van der Waals surface area contributed by atoms with E-state index in [4.69, 9.17) is 4.74 Å². The largest absolute Gasteiger partial charge is 0.458 e. The number of ether oxygens (including phenoxy) is 1. The lowest BCUT2D eigenvalue weighted by Crippen LogP contribution is -2.66. The van der Waals surface area contributed by atoms with Crippen molar-refractivity contribution in [2.45, 2.75) is 142 Å². The SMILES string of the molecule is CCCCCCCCCC1(C)NC(C)(CC)CC(OC(=O)c2ccc(C(C)(C)C)cc2)C1C. The van der Waals surface area contributed by atoms with E-state index >= 15 is 0 Å². The molecule has 0 spiro atoms. The molecule has 1 aliphatic rings. The summed E-state index contributed by atoms with van der Waals surface area (Å²) in [6.07, 6.45) is 12.2. The molecule has 1 N–H and O–H groups in total. The summed E-state index contributed by atoms with van der Waals surface area (Å²) in [6.45, 7) is 18.0. The first-order chi connectivity index (χ1) is 15.4. The average Bonchev–Trinajstić information content (AvgIpc) is 2.76. The van der Waals surface area contributed by atoms with Crippen molar-refractivity contribution >= 4 is 5.97 Å². The van der Waals surface area contributed by atoms with E-state index in [0.717, 1.165) is 19.3 Å². The fourth-order valence-electron chi connectivity index (χ4n) is 5.31. The number of esters is 1. The molecule has 0 aromatic heterocycles. The van der Waals surface area contributed by atoms with E-state index in [-0.39, 0.29) is 34.5 Å². The van der Waals surface area contributed by atoms with Gasteiger partial charge < -0.3 is 10.1 Å². The average molecular weight is 458 g/mol. The van der Waals surface area contributed by atoms with Gasteiger partial charge in [0.25, 0.3) is 0 Å². The van der Waals surface area contributed by atoms with Crippen LogP contribution in [0.5, 0.6) is 0 Å². The molecule has 4 atom stereocenters. The van der Waals surface area contributed by atoms with Crippen LogP contribution in [0.4, 0.5) is 0 Å². The van der Waals surface area contributed by atoms with Crippen molar-refractivity contribution in [3.8, 4) is 0 Å². The second kappa shape index (κ2) is 11.9. The van der Waals surface area contributed by atoms with Gasteiger partial charge in [-0.1, -0.05) is 98.6 Å². The van der Waals surface area contributed by atoms with Gasteiger partial charge in [-0.25, -0.2) is 4.79 Å². The van der Waals surface area contributed by atoms with Crippen LogP contribution in [0.15, 0.2) is 24.3 Å². The highest BCUT2D eigenvalue weighted by molar-refractivity contribution is 5.89. The Balaban J connectivity index is 2.04. The van der Waals surface area contributed by atoms with Crippen molar-refractivity contribution in [2.24, 2.45) is 5.92 Å². The summed E-state index contributed by atoms with van der Waals surface area (Å²) in [5.74, 6) is 0.0842. The van der Waals surface area contributed by atoms with Crippen molar-refractivity contribution < 1.29 is 9.53 Å². The molecule has 1 fully saturated rings. The molecule has 1 aromatic carbocycles. The molecule has 1 aliphatic heterocycles. The standard InChI is InChI=1S/C30H51NO2/c1-9-11-12-13-14-15-16-21-30(8)23(3)26(22-29(7,10-2)31-30)33-27(32)24-17-19-25(20-18-24)28(4,5)6/h17-20,23,26,31H,9-16,21-22H2,1-8H3. The Labute approximate surface area is 204 Å². The van der Waals surface area contributed by atoms with Crippen LogP contribution in [-0.2, 0) is 10.2 Å². The van der Waals surface area contributed by atoms with Crippen LogP contribution >= 0.6 is 0 Å². The van der Waals surface area contributed by atoms with Crippen molar-refractivity contribution in [3.63, 3.8) is 0 Å². The summed E-state index contributed by atoms with van der Waals surface area (Å²) in [5.41, 5.74) is 1.93. The van der Waals surface area contributed by atoms with Gasteiger partial charge in [-0.3, -0.25) is 0 Å². The molecule has 4 unspecified atom stereocenters. The topological polar surface area (TPSA) is 38.3 Å². The van der Waals surface area contributed by atoms with E-state index in [0.29, 0.717) is 5.56 Å². The fraction of sp³-hybridized carbons (Fsp3) is 0.767. The number of hydrogen-bond acceptors (Lipinski definition) is 3. The molecule has 3 nitrogen and oxygen atoms in total. The van der Waals surface area contributed by atoms with Crippen molar-refractivity contribution in [3.05, 3.63) is 35.4 Å². The molecule has 0 saturated carbocycles. The highest BCUT2D eigenvalue weighted by atomic mass is 16.5. The molecule has 1 saturated heterocycles. The number of carbonyl (C=O) groups is 1. The summed E-state index contributed by atoms with van der Waals surface area (Å²) < 4.78 is 6.20. The number of unbranched alkanes of at least 4 members (excludes halogenated alkanes) is 6. The van der Waals surface area contributed by atoms with Crippen molar-refractivity contribution in [2.75, 3.05) is 0 Å². The fourth-order valence-corrected chi connectivity index (χ4v) is 5.31. The third-order valence-corrected chi connectivity index (χ3v) is 8.13. The molecule has 33 heavy (non-hydrogen) atoms. The van der Waals surface area contributed by atoms with E-state index in [1.807, 2.05) is 12.1 Å². The second-order valence-corrected chi connectivity index (χ2v) is 12.1. The van der Waals surface area contributed by atoms with Crippen LogP contribution in [0.25, 0.3) is 0 Å². The lowest BCUT2D eigenvalue weighted by molar-refractivity contribution is -0.0502. The Bertz CT molecular complexity index is 735. The van der Waals surface area contributed by atoms with Crippen LogP contribution in [0.1, 0.15) is 136 Å². The molecule has 1 aromatic rings. The summed E-state index contributed by atoms with van der Waals surface area (Å²) in [6, 6.07) is 7.96. The summed E-state index contributed by atoms with van der Waals surface area (Å²) in [7, 11) is 0. The zero-order valence-electron chi connectivity index (χ0n) is 22.9. The van der Waals surface area contributed by atoms with Gasteiger partial charge in [0.15, 0.2) is 0 Å². The van der Waals surface area contributed by atoms with Crippen LogP contribution in [0, 0.1) is 5.92 Å². The Morgan fingerprint density at radius 1 is 1.00 bits per heavy atom.